The van der Waals surface area contributed by atoms with Gasteiger partial charge < -0.3 is 19.9 Å². The molecule has 0 aromatic carbocycles. The van der Waals surface area contributed by atoms with Gasteiger partial charge in [-0.25, -0.2) is 0 Å². The first-order valence-corrected chi connectivity index (χ1v) is 7.75. The van der Waals surface area contributed by atoms with Crippen LogP contribution in [-0.4, -0.2) is 42.1 Å². The van der Waals surface area contributed by atoms with Crippen LogP contribution >= 0.6 is 0 Å². The van der Waals surface area contributed by atoms with Gasteiger partial charge >= 0.3 is 9.28 Å². The third-order valence-electron chi connectivity index (χ3n) is 2.07. The van der Waals surface area contributed by atoms with E-state index in [1.165, 1.54) is 12.8 Å². The van der Waals surface area contributed by atoms with Gasteiger partial charge in [0.15, 0.2) is 0 Å². The third-order valence-corrected chi connectivity index (χ3v) is 4.36. The molecule has 3 N–H and O–H groups in total. The SMILES string of the molecule is CCO[SiH](CCCCNCCN)OCC. The highest BCUT2D eigenvalue weighted by atomic mass is 28.3. The summed E-state index contributed by atoms with van der Waals surface area (Å²) in [4.78, 5) is 0. The Hall–Kier alpha value is 0.0569. The first-order valence-electron chi connectivity index (χ1n) is 5.99. The maximum absolute atomic E-state index is 5.59. The average Bonchev–Trinajstić information content (AvgIpc) is 2.24. The van der Waals surface area contributed by atoms with Crippen molar-refractivity contribution in [2.24, 2.45) is 5.73 Å². The van der Waals surface area contributed by atoms with Gasteiger partial charge in [-0.1, -0.05) is 6.42 Å². The van der Waals surface area contributed by atoms with Gasteiger partial charge in [-0.3, -0.25) is 0 Å². The molecule has 0 aliphatic carbocycles. The fourth-order valence-corrected chi connectivity index (χ4v) is 3.17. The molecule has 0 saturated carbocycles. The summed E-state index contributed by atoms with van der Waals surface area (Å²) in [5, 5.41) is 3.28. The third kappa shape index (κ3) is 10.3. The Bertz CT molecular complexity index is 122. The topological polar surface area (TPSA) is 56.5 Å². The number of hydrogen-bond donors (Lipinski definition) is 2. The van der Waals surface area contributed by atoms with Crippen molar-refractivity contribution in [2.75, 3.05) is 32.8 Å². The van der Waals surface area contributed by atoms with Crippen LogP contribution < -0.4 is 11.1 Å². The summed E-state index contributed by atoms with van der Waals surface area (Å²) in [6.07, 6.45) is 2.37. The number of nitrogens with two attached hydrogens (primary N) is 1. The van der Waals surface area contributed by atoms with Gasteiger partial charge in [0.25, 0.3) is 0 Å². The molecular weight excluding hydrogens is 208 g/mol. The van der Waals surface area contributed by atoms with E-state index in [2.05, 4.69) is 5.32 Å². The molecule has 0 radical (unpaired) electrons. The van der Waals surface area contributed by atoms with Gasteiger partial charge in [0.2, 0.25) is 0 Å². The van der Waals surface area contributed by atoms with Crippen molar-refractivity contribution >= 4 is 9.28 Å². The fourth-order valence-electron chi connectivity index (χ4n) is 1.37. The van der Waals surface area contributed by atoms with Crippen LogP contribution in [0, 0.1) is 0 Å². The highest BCUT2D eigenvalue weighted by Gasteiger charge is 2.10. The lowest BCUT2D eigenvalue weighted by Crippen LogP contribution is -2.25. The van der Waals surface area contributed by atoms with Crippen LogP contribution in [0.5, 0.6) is 0 Å². The fraction of sp³-hybridized carbons (Fsp3) is 1.00. The van der Waals surface area contributed by atoms with Crippen LogP contribution in [0.25, 0.3) is 0 Å². The van der Waals surface area contributed by atoms with Crippen molar-refractivity contribution in [3.8, 4) is 0 Å². The second-order valence-corrected chi connectivity index (χ2v) is 5.48. The molecule has 5 heteroatoms. The smallest absolute Gasteiger partial charge is 0.321 e. The molecule has 0 heterocycles. The van der Waals surface area contributed by atoms with E-state index in [0.29, 0.717) is 0 Å². The zero-order chi connectivity index (χ0) is 11.4. The first kappa shape index (κ1) is 15.1. The van der Waals surface area contributed by atoms with E-state index in [4.69, 9.17) is 14.6 Å². The lowest BCUT2D eigenvalue weighted by Gasteiger charge is -2.14. The van der Waals surface area contributed by atoms with E-state index >= 15 is 0 Å². The lowest BCUT2D eigenvalue weighted by atomic mass is 10.3. The molecule has 0 spiro atoms. The van der Waals surface area contributed by atoms with Gasteiger partial charge in [0.05, 0.1) is 0 Å². The minimum absolute atomic E-state index is 0.718. The zero-order valence-corrected chi connectivity index (χ0v) is 11.3. The molecule has 0 rings (SSSR count). The molecule has 15 heavy (non-hydrogen) atoms. The summed E-state index contributed by atoms with van der Waals surface area (Å²) in [6, 6.07) is 1.12. The van der Waals surface area contributed by atoms with Gasteiger partial charge in [0, 0.05) is 26.3 Å². The molecule has 0 aromatic rings. The van der Waals surface area contributed by atoms with Crippen LogP contribution in [0.15, 0.2) is 0 Å². The Labute approximate surface area is 95.4 Å². The predicted octanol–water partition coefficient (Wildman–Crippen LogP) is 0.608. The molecule has 0 unspecified atom stereocenters. The first-order chi connectivity index (χ1) is 7.35. The second-order valence-electron chi connectivity index (χ2n) is 3.37. The molecule has 0 saturated heterocycles. The van der Waals surface area contributed by atoms with E-state index in [9.17, 15) is 0 Å². The van der Waals surface area contributed by atoms with E-state index in [0.717, 1.165) is 38.9 Å². The van der Waals surface area contributed by atoms with Crippen molar-refractivity contribution < 1.29 is 8.85 Å². The highest BCUT2D eigenvalue weighted by molar-refractivity contribution is 6.44. The summed E-state index contributed by atoms with van der Waals surface area (Å²) in [5.74, 6) is 0. The summed E-state index contributed by atoms with van der Waals surface area (Å²) in [6.45, 7) is 8.30. The molecule has 92 valence electrons. The minimum Gasteiger partial charge on any atom is -0.397 e. The van der Waals surface area contributed by atoms with Crippen LogP contribution in [-0.2, 0) is 8.85 Å². The summed E-state index contributed by atoms with van der Waals surface area (Å²) < 4.78 is 11.2. The molecule has 0 atom stereocenters. The van der Waals surface area contributed by atoms with Crippen molar-refractivity contribution in [1.82, 2.24) is 5.32 Å². The molecule has 0 aromatic heterocycles. The summed E-state index contributed by atoms with van der Waals surface area (Å²) >= 11 is 0. The maximum Gasteiger partial charge on any atom is 0.321 e. The molecule has 4 nitrogen and oxygen atoms in total. The number of nitrogens with one attached hydrogen (secondary N) is 1. The second kappa shape index (κ2) is 12.1. The zero-order valence-electron chi connectivity index (χ0n) is 10.1. The van der Waals surface area contributed by atoms with Crippen LogP contribution in [0.4, 0.5) is 0 Å². The Morgan fingerprint density at radius 2 is 1.73 bits per heavy atom. The van der Waals surface area contributed by atoms with E-state index < -0.39 is 9.28 Å². The predicted molar refractivity (Wildman–Crippen MR) is 66.4 cm³/mol. The number of hydrogen-bond acceptors (Lipinski definition) is 4. The van der Waals surface area contributed by atoms with Crippen molar-refractivity contribution in [1.29, 1.82) is 0 Å². The quantitative estimate of drug-likeness (QED) is 0.406. The minimum atomic E-state index is -1.35. The largest absolute Gasteiger partial charge is 0.397 e. The van der Waals surface area contributed by atoms with E-state index in [-0.39, 0.29) is 0 Å². The molecular formula is C10H26N2O2Si. The van der Waals surface area contributed by atoms with Crippen LogP contribution in [0.3, 0.4) is 0 Å². The number of rotatable bonds is 11. The number of unbranched alkanes of at least 4 members (excludes halogenated alkanes) is 1. The molecule has 0 aliphatic heterocycles. The highest BCUT2D eigenvalue weighted by Crippen LogP contribution is 2.03. The Balaban J connectivity index is 3.28. The van der Waals surface area contributed by atoms with Crippen molar-refractivity contribution in [3.63, 3.8) is 0 Å². The van der Waals surface area contributed by atoms with Crippen molar-refractivity contribution in [3.05, 3.63) is 0 Å². The maximum atomic E-state index is 5.59. The van der Waals surface area contributed by atoms with Crippen molar-refractivity contribution in [2.45, 2.75) is 32.7 Å². The Morgan fingerprint density at radius 3 is 2.27 bits per heavy atom. The Morgan fingerprint density at radius 1 is 1.07 bits per heavy atom. The van der Waals surface area contributed by atoms with Gasteiger partial charge in [-0.15, -0.1) is 0 Å². The van der Waals surface area contributed by atoms with Gasteiger partial charge in [-0.2, -0.15) is 0 Å². The standard InChI is InChI=1S/C10H26N2O2Si/c1-3-13-15(14-4-2)10-6-5-8-12-9-7-11/h12,15H,3-11H2,1-2H3. The average molecular weight is 234 g/mol. The van der Waals surface area contributed by atoms with Gasteiger partial charge in [-0.05, 0) is 32.9 Å². The van der Waals surface area contributed by atoms with Gasteiger partial charge in [0.1, 0.15) is 0 Å². The molecule has 0 fully saturated rings. The van der Waals surface area contributed by atoms with E-state index in [1.54, 1.807) is 0 Å². The lowest BCUT2D eigenvalue weighted by molar-refractivity contribution is 0.212. The van der Waals surface area contributed by atoms with E-state index in [1.807, 2.05) is 13.8 Å². The van der Waals surface area contributed by atoms with Crippen LogP contribution in [0.2, 0.25) is 6.04 Å². The molecule has 0 aliphatic rings. The normalized spacial score (nSPS) is 11.2. The summed E-state index contributed by atoms with van der Waals surface area (Å²) in [5.41, 5.74) is 5.37. The molecule has 0 amide bonds. The monoisotopic (exact) mass is 234 g/mol. The molecule has 0 bridgehead atoms. The Kier molecular flexibility index (Phi) is 12.2. The summed E-state index contributed by atoms with van der Waals surface area (Å²) in [7, 11) is -1.35. The van der Waals surface area contributed by atoms with Crippen LogP contribution in [0.1, 0.15) is 26.7 Å².